The number of aromatic nitrogens is 4. The molecule has 8 heterocycles. The SMILES string of the molecule is CC1(C)c2cc3ccc4ccccc4c3c3c2-c2c1c1cc4ccccc4cc1c[n+]2CO3.CC1(C)c2cc3ccc4ccccc4c3c3c2-c2c1c1ccccc1c[n+]2CO3.CC1(C)c2cc3ccc4ccccc4c3c3c2-c2c1c1ccccc1c[n+]2CO3.CC1(C)c2cc3ccc4ccccc4c3c3c2-c2c1ccc[n+]2CO3. The molecule has 0 saturated heterocycles. The van der Waals surface area contributed by atoms with E-state index in [-0.39, 0.29) is 21.7 Å². The van der Waals surface area contributed by atoms with Crippen LogP contribution in [0.15, 0.2) is 292 Å². The Labute approximate surface area is 670 Å². The summed E-state index contributed by atoms with van der Waals surface area (Å²) in [5.74, 6) is 4.21. The molecule has 0 bridgehead atoms. The van der Waals surface area contributed by atoms with Crippen molar-refractivity contribution < 1.29 is 37.2 Å². The third-order valence-electron chi connectivity index (χ3n) is 27.7. The van der Waals surface area contributed by atoms with Gasteiger partial charge in [-0.25, -0.2) is 0 Å². The minimum absolute atomic E-state index is 0.00401. The molecule has 8 heteroatoms. The van der Waals surface area contributed by atoms with E-state index in [9.17, 15) is 0 Å². The van der Waals surface area contributed by atoms with Crippen LogP contribution in [0.25, 0.3) is 174 Å². The molecule has 4 aliphatic carbocycles. The van der Waals surface area contributed by atoms with Crippen molar-refractivity contribution in [1.29, 1.82) is 0 Å². The predicted octanol–water partition coefficient (Wildman–Crippen LogP) is 24.4. The Morgan fingerprint density at radius 3 is 0.879 bits per heavy atom. The highest BCUT2D eigenvalue weighted by atomic mass is 16.5. The summed E-state index contributed by atoms with van der Waals surface area (Å²) >= 11 is 0. The molecule has 0 radical (unpaired) electrons. The Morgan fingerprint density at radius 1 is 0.216 bits per heavy atom. The Balaban J connectivity index is 0.0000000870. The number of fused-ring (bicyclic) bond motifs is 23. The molecule has 8 nitrogen and oxygen atoms in total. The fourth-order valence-electron chi connectivity index (χ4n) is 22.3. The lowest BCUT2D eigenvalue weighted by Gasteiger charge is -2.22. The number of pyridine rings is 4. The van der Waals surface area contributed by atoms with Gasteiger partial charge in [0.25, 0.3) is 26.9 Å². The third kappa shape index (κ3) is 8.72. The van der Waals surface area contributed by atoms with Crippen molar-refractivity contribution in [2.24, 2.45) is 0 Å². The summed E-state index contributed by atoms with van der Waals surface area (Å²) in [5.41, 5.74) is 21.3. The molecule has 4 aromatic heterocycles. The molecular formula is C108H80N4O4+4. The normalized spacial score (nSPS) is 15.7. The Bertz CT molecular complexity index is 7750. The molecular weight excluding hydrogens is 1420 g/mol. The summed E-state index contributed by atoms with van der Waals surface area (Å²) in [7, 11) is 0. The van der Waals surface area contributed by atoms with Gasteiger partial charge in [0.15, 0.2) is 24.8 Å². The van der Waals surface area contributed by atoms with Gasteiger partial charge in [-0.2, -0.15) is 18.3 Å². The van der Waals surface area contributed by atoms with Crippen LogP contribution in [0.2, 0.25) is 0 Å². The highest BCUT2D eigenvalue weighted by Crippen LogP contribution is 2.62. The maximum Gasteiger partial charge on any atom is 0.292 e. The smallest absolute Gasteiger partial charge is 0.292 e. The highest BCUT2D eigenvalue weighted by Gasteiger charge is 2.52. The molecule has 0 amide bonds. The fourth-order valence-corrected chi connectivity index (χ4v) is 22.3. The monoisotopic (exact) mass is 1500 g/mol. The van der Waals surface area contributed by atoms with E-state index in [1.54, 1.807) is 0 Å². The lowest BCUT2D eigenvalue weighted by atomic mass is 9.79. The molecule has 20 aromatic rings. The highest BCUT2D eigenvalue weighted by molar-refractivity contribution is 6.19. The van der Waals surface area contributed by atoms with Crippen molar-refractivity contribution >= 4 is 129 Å². The lowest BCUT2D eigenvalue weighted by molar-refractivity contribution is -0.717. The second kappa shape index (κ2) is 23.1. The first-order chi connectivity index (χ1) is 56.6. The van der Waals surface area contributed by atoms with Crippen molar-refractivity contribution in [2.75, 3.05) is 0 Å². The van der Waals surface area contributed by atoms with Gasteiger partial charge in [0, 0.05) is 87.7 Å². The van der Waals surface area contributed by atoms with Crippen molar-refractivity contribution in [3.63, 3.8) is 0 Å². The van der Waals surface area contributed by atoms with E-state index in [1.807, 2.05) is 0 Å². The van der Waals surface area contributed by atoms with E-state index in [4.69, 9.17) is 18.9 Å². The minimum Gasteiger partial charge on any atom is -0.434 e. The van der Waals surface area contributed by atoms with Crippen LogP contribution in [-0.2, 0) is 48.6 Å². The van der Waals surface area contributed by atoms with E-state index in [0.29, 0.717) is 26.9 Å². The van der Waals surface area contributed by atoms with E-state index in [1.165, 1.54) is 219 Å². The summed E-state index contributed by atoms with van der Waals surface area (Å²) in [6, 6.07) is 97.2. The third-order valence-corrected chi connectivity index (χ3v) is 27.7. The zero-order valence-corrected chi connectivity index (χ0v) is 66.0. The summed E-state index contributed by atoms with van der Waals surface area (Å²) in [6.07, 6.45) is 8.90. The molecule has 0 fully saturated rings. The Morgan fingerprint density at radius 2 is 0.500 bits per heavy atom. The molecule has 0 spiro atoms. The first-order valence-corrected chi connectivity index (χ1v) is 40.9. The number of ether oxygens (including phenoxy) is 4. The minimum atomic E-state index is -0.114. The quantitative estimate of drug-likeness (QED) is 0.0862. The Hall–Kier alpha value is -13.6. The van der Waals surface area contributed by atoms with Gasteiger partial charge in [-0.05, 0) is 168 Å². The average molecular weight is 1500 g/mol. The number of hydrogen-bond acceptors (Lipinski definition) is 4. The van der Waals surface area contributed by atoms with Gasteiger partial charge in [0.05, 0.1) is 22.3 Å². The number of nitrogens with zero attached hydrogens (tertiary/aromatic N) is 4. The fraction of sp³-hybridized carbons (Fsp3) is 0.148. The van der Waals surface area contributed by atoms with Gasteiger partial charge in [-0.3, -0.25) is 0 Å². The summed E-state index contributed by atoms with van der Waals surface area (Å²) in [5, 5.41) is 30.5. The van der Waals surface area contributed by atoms with Crippen LogP contribution in [0, 0.1) is 0 Å². The summed E-state index contributed by atoms with van der Waals surface area (Å²) in [6.45, 7) is 21.0. The van der Waals surface area contributed by atoms with Crippen LogP contribution in [0.3, 0.4) is 0 Å². The van der Waals surface area contributed by atoms with Crippen LogP contribution in [-0.4, -0.2) is 0 Å². The molecule has 116 heavy (non-hydrogen) atoms. The molecule has 0 unspecified atom stereocenters. The molecule has 8 aliphatic rings. The van der Waals surface area contributed by atoms with E-state index in [0.717, 1.165) is 23.0 Å². The largest absolute Gasteiger partial charge is 0.434 e. The molecule has 0 N–H and O–H groups in total. The average Bonchev–Trinajstić information content (AvgIpc) is 1.54. The maximum absolute atomic E-state index is 6.58. The van der Waals surface area contributed by atoms with Gasteiger partial charge in [0.2, 0.25) is 22.8 Å². The Kier molecular flexibility index (Phi) is 13.1. The van der Waals surface area contributed by atoms with Crippen LogP contribution in [0.4, 0.5) is 0 Å². The van der Waals surface area contributed by atoms with Crippen molar-refractivity contribution in [3.8, 4) is 68.0 Å². The van der Waals surface area contributed by atoms with Gasteiger partial charge < -0.3 is 18.9 Å². The zero-order chi connectivity index (χ0) is 77.3. The summed E-state index contributed by atoms with van der Waals surface area (Å²) < 4.78 is 35.1. The topological polar surface area (TPSA) is 52.4 Å². The standard InChI is InChI=1S/C31H22NO.2C27H20NO.C23H18NO/c1-31(2)25-15-21-12-11-18-7-5-6-10-23(18)26(21)30-27(25)29-28(31)24-14-20-9-4-3-8-19(20)13-22(24)16-32(29)17-33-30;2*1-27(2)21-13-17-12-11-16-7-3-5-9-19(16)22(17)26-23(21)25-24(27)20-10-6-4-8-18(20)14-28(25)15-29-26;1-23(2)17-8-5-11-24-13-25-22-19-15(12-18(23)20(22)21(17)24)10-9-14-6-3-4-7-16(14)19/h3-16H,17H2,1-2H3;2*3-14H,15H2,1-2H3;3-12H,13H2,1-2H3/q4*+1. The molecule has 0 saturated carbocycles. The van der Waals surface area contributed by atoms with Gasteiger partial charge in [-0.1, -0.05) is 262 Å². The first-order valence-electron chi connectivity index (χ1n) is 40.9. The van der Waals surface area contributed by atoms with Crippen LogP contribution < -0.4 is 37.2 Å². The van der Waals surface area contributed by atoms with Gasteiger partial charge in [0.1, 0.15) is 23.0 Å². The number of rotatable bonds is 0. The molecule has 4 aliphatic heterocycles. The molecule has 552 valence electrons. The van der Waals surface area contributed by atoms with Crippen molar-refractivity contribution in [2.45, 2.75) is 104 Å². The van der Waals surface area contributed by atoms with Crippen LogP contribution in [0.1, 0.15) is 99.9 Å². The van der Waals surface area contributed by atoms with Crippen LogP contribution in [0.5, 0.6) is 23.0 Å². The van der Waals surface area contributed by atoms with Gasteiger partial charge in [-0.15, -0.1) is 0 Å². The molecule has 28 rings (SSSR count). The maximum atomic E-state index is 6.58. The first kappa shape index (κ1) is 65.9. The number of benzene rings is 16. The van der Waals surface area contributed by atoms with E-state index >= 15 is 0 Å². The number of hydrogen-bond donors (Lipinski definition) is 0. The molecule has 16 aromatic carbocycles. The second-order valence-corrected chi connectivity index (χ2v) is 35.3. The van der Waals surface area contributed by atoms with Crippen LogP contribution >= 0.6 is 0 Å². The zero-order valence-electron chi connectivity index (χ0n) is 66.0. The lowest BCUT2D eigenvalue weighted by Crippen LogP contribution is -2.42. The van der Waals surface area contributed by atoms with E-state index in [2.05, 4.69) is 365 Å². The summed E-state index contributed by atoms with van der Waals surface area (Å²) in [4.78, 5) is 0. The van der Waals surface area contributed by atoms with E-state index < -0.39 is 0 Å². The predicted molar refractivity (Wildman–Crippen MR) is 469 cm³/mol. The second-order valence-electron chi connectivity index (χ2n) is 35.3. The van der Waals surface area contributed by atoms with Gasteiger partial charge >= 0.3 is 0 Å². The van der Waals surface area contributed by atoms with Crippen molar-refractivity contribution in [1.82, 2.24) is 0 Å². The van der Waals surface area contributed by atoms with Crippen molar-refractivity contribution in [3.05, 3.63) is 336 Å². The molecule has 0 atom stereocenters.